The summed E-state index contributed by atoms with van der Waals surface area (Å²) in [6.45, 7) is 1.13. The van der Waals surface area contributed by atoms with Gasteiger partial charge in [-0.2, -0.15) is 0 Å². The van der Waals surface area contributed by atoms with Gasteiger partial charge in [0.1, 0.15) is 5.75 Å². The molecule has 0 radical (unpaired) electrons. The van der Waals surface area contributed by atoms with E-state index in [2.05, 4.69) is 5.32 Å². The highest BCUT2D eigenvalue weighted by Gasteiger charge is 2.21. The lowest BCUT2D eigenvalue weighted by Crippen LogP contribution is -2.35. The maximum Gasteiger partial charge on any atom is 0.271 e. The van der Waals surface area contributed by atoms with Gasteiger partial charge < -0.3 is 15.0 Å². The SMILES string of the molecule is O=C(COc1ccccc1C(=O)N1CCCCC1)Nc1cccc([N+](=O)[O-])c1. The van der Waals surface area contributed by atoms with Crippen LogP contribution in [0.15, 0.2) is 48.5 Å². The Labute approximate surface area is 162 Å². The van der Waals surface area contributed by atoms with Crippen LogP contribution in [-0.2, 0) is 4.79 Å². The number of nitrogens with zero attached hydrogens (tertiary/aromatic N) is 2. The highest BCUT2D eigenvalue weighted by atomic mass is 16.6. The van der Waals surface area contributed by atoms with Crippen molar-refractivity contribution in [3.05, 3.63) is 64.2 Å². The molecule has 28 heavy (non-hydrogen) atoms. The first-order chi connectivity index (χ1) is 13.5. The van der Waals surface area contributed by atoms with Gasteiger partial charge in [0.2, 0.25) is 0 Å². The van der Waals surface area contributed by atoms with Crippen molar-refractivity contribution < 1.29 is 19.2 Å². The smallest absolute Gasteiger partial charge is 0.271 e. The molecule has 0 atom stereocenters. The molecule has 8 heteroatoms. The average molecular weight is 383 g/mol. The van der Waals surface area contributed by atoms with E-state index in [1.54, 1.807) is 35.2 Å². The molecule has 3 rings (SSSR count). The molecule has 1 fully saturated rings. The maximum atomic E-state index is 12.7. The van der Waals surface area contributed by atoms with Gasteiger partial charge >= 0.3 is 0 Å². The molecule has 8 nitrogen and oxygen atoms in total. The average Bonchev–Trinajstić information content (AvgIpc) is 2.73. The summed E-state index contributed by atoms with van der Waals surface area (Å²) in [6, 6.07) is 12.5. The van der Waals surface area contributed by atoms with E-state index in [4.69, 9.17) is 4.74 Å². The van der Waals surface area contributed by atoms with E-state index in [0.29, 0.717) is 17.0 Å². The predicted molar refractivity (Wildman–Crippen MR) is 103 cm³/mol. The molecule has 2 aromatic carbocycles. The normalized spacial score (nSPS) is 13.6. The lowest BCUT2D eigenvalue weighted by molar-refractivity contribution is -0.384. The minimum absolute atomic E-state index is 0.102. The maximum absolute atomic E-state index is 12.7. The van der Waals surface area contributed by atoms with Crippen LogP contribution in [0.1, 0.15) is 29.6 Å². The van der Waals surface area contributed by atoms with Crippen LogP contribution in [0.25, 0.3) is 0 Å². The molecule has 0 aromatic heterocycles. The molecule has 1 heterocycles. The Balaban J connectivity index is 1.63. The predicted octanol–water partition coefficient (Wildman–Crippen LogP) is 3.24. The van der Waals surface area contributed by atoms with Gasteiger partial charge in [0, 0.05) is 30.9 Å². The fourth-order valence-corrected chi connectivity index (χ4v) is 3.07. The fourth-order valence-electron chi connectivity index (χ4n) is 3.07. The molecule has 1 aliphatic rings. The van der Waals surface area contributed by atoms with Gasteiger partial charge in [-0.15, -0.1) is 0 Å². The Bertz CT molecular complexity index is 878. The minimum Gasteiger partial charge on any atom is -0.483 e. The van der Waals surface area contributed by atoms with Crippen LogP contribution in [0.5, 0.6) is 5.75 Å². The summed E-state index contributed by atoms with van der Waals surface area (Å²) < 4.78 is 5.57. The van der Waals surface area contributed by atoms with Crippen molar-refractivity contribution in [1.29, 1.82) is 0 Å². The van der Waals surface area contributed by atoms with Crippen molar-refractivity contribution in [3.63, 3.8) is 0 Å². The molecule has 1 aliphatic heterocycles. The quantitative estimate of drug-likeness (QED) is 0.609. The van der Waals surface area contributed by atoms with Crippen LogP contribution in [-0.4, -0.2) is 41.3 Å². The van der Waals surface area contributed by atoms with E-state index in [1.165, 1.54) is 18.2 Å². The molecule has 0 saturated carbocycles. The lowest BCUT2D eigenvalue weighted by Gasteiger charge is -2.27. The number of hydrogen-bond acceptors (Lipinski definition) is 5. The van der Waals surface area contributed by atoms with Crippen molar-refractivity contribution in [2.45, 2.75) is 19.3 Å². The zero-order chi connectivity index (χ0) is 19.9. The van der Waals surface area contributed by atoms with Gasteiger partial charge in [-0.05, 0) is 37.5 Å². The number of likely N-dealkylation sites (tertiary alicyclic amines) is 1. The first-order valence-electron chi connectivity index (χ1n) is 9.10. The molecule has 2 amide bonds. The Kier molecular flexibility index (Phi) is 6.21. The van der Waals surface area contributed by atoms with E-state index in [-0.39, 0.29) is 18.2 Å². The lowest BCUT2D eigenvalue weighted by atomic mass is 10.1. The third-order valence-corrected chi connectivity index (χ3v) is 4.46. The zero-order valence-electron chi connectivity index (χ0n) is 15.3. The second-order valence-corrected chi connectivity index (χ2v) is 6.49. The van der Waals surface area contributed by atoms with Crippen LogP contribution >= 0.6 is 0 Å². The zero-order valence-corrected chi connectivity index (χ0v) is 15.3. The van der Waals surface area contributed by atoms with Crippen LogP contribution in [0.4, 0.5) is 11.4 Å². The summed E-state index contributed by atoms with van der Waals surface area (Å²) in [5, 5.41) is 13.4. The number of para-hydroxylation sites is 1. The Morgan fingerprint density at radius 3 is 2.57 bits per heavy atom. The monoisotopic (exact) mass is 383 g/mol. The molecule has 0 aliphatic carbocycles. The fraction of sp³-hybridized carbons (Fsp3) is 0.300. The number of amides is 2. The van der Waals surface area contributed by atoms with E-state index >= 15 is 0 Å². The van der Waals surface area contributed by atoms with Gasteiger partial charge in [0.25, 0.3) is 17.5 Å². The van der Waals surface area contributed by atoms with Crippen LogP contribution in [0, 0.1) is 10.1 Å². The number of piperidine rings is 1. The molecule has 146 valence electrons. The molecule has 0 unspecified atom stereocenters. The summed E-state index contributed by atoms with van der Waals surface area (Å²) in [5.41, 5.74) is 0.615. The highest BCUT2D eigenvalue weighted by Crippen LogP contribution is 2.22. The highest BCUT2D eigenvalue weighted by molar-refractivity contribution is 5.97. The van der Waals surface area contributed by atoms with E-state index in [0.717, 1.165) is 32.4 Å². The third-order valence-electron chi connectivity index (χ3n) is 4.46. The Morgan fingerprint density at radius 2 is 1.82 bits per heavy atom. The van der Waals surface area contributed by atoms with E-state index < -0.39 is 10.8 Å². The van der Waals surface area contributed by atoms with Crippen molar-refractivity contribution >= 4 is 23.2 Å². The number of ether oxygens (including phenoxy) is 1. The Hall–Kier alpha value is -3.42. The van der Waals surface area contributed by atoms with Gasteiger partial charge in [0.05, 0.1) is 10.5 Å². The van der Waals surface area contributed by atoms with Crippen LogP contribution in [0.2, 0.25) is 0 Å². The number of nitro benzene ring substituents is 1. The van der Waals surface area contributed by atoms with Crippen molar-refractivity contribution in [3.8, 4) is 5.75 Å². The molecular weight excluding hydrogens is 362 g/mol. The molecule has 1 N–H and O–H groups in total. The van der Waals surface area contributed by atoms with Crippen molar-refractivity contribution in [2.24, 2.45) is 0 Å². The number of carbonyl (C=O) groups is 2. The Morgan fingerprint density at radius 1 is 1.07 bits per heavy atom. The second-order valence-electron chi connectivity index (χ2n) is 6.49. The van der Waals surface area contributed by atoms with E-state index in [1.807, 2.05) is 0 Å². The third kappa shape index (κ3) is 4.85. The van der Waals surface area contributed by atoms with Gasteiger partial charge in [-0.25, -0.2) is 0 Å². The van der Waals surface area contributed by atoms with E-state index in [9.17, 15) is 19.7 Å². The number of benzene rings is 2. The number of non-ortho nitro benzene ring substituents is 1. The number of nitro groups is 1. The second kappa shape index (κ2) is 8.98. The topological polar surface area (TPSA) is 102 Å². The summed E-state index contributed by atoms with van der Waals surface area (Å²) in [4.78, 5) is 37.0. The van der Waals surface area contributed by atoms with Crippen molar-refractivity contribution in [2.75, 3.05) is 25.0 Å². The number of hydrogen-bond donors (Lipinski definition) is 1. The summed E-state index contributed by atoms with van der Waals surface area (Å²) in [7, 11) is 0. The first-order valence-corrected chi connectivity index (χ1v) is 9.10. The van der Waals surface area contributed by atoms with Crippen molar-refractivity contribution in [1.82, 2.24) is 4.90 Å². The first kappa shape index (κ1) is 19.3. The van der Waals surface area contributed by atoms with Gasteiger partial charge in [0.15, 0.2) is 6.61 Å². The summed E-state index contributed by atoms with van der Waals surface area (Å²) in [6.07, 6.45) is 3.10. The number of carbonyl (C=O) groups excluding carboxylic acids is 2. The van der Waals surface area contributed by atoms with Gasteiger partial charge in [-0.1, -0.05) is 18.2 Å². The summed E-state index contributed by atoms with van der Waals surface area (Å²) in [5.74, 6) is -0.234. The standard InChI is InChI=1S/C20H21N3O5/c24-19(21-15-7-6-8-16(13-15)23(26)27)14-28-18-10-3-2-9-17(18)20(25)22-11-4-1-5-12-22/h2-3,6-10,13H,1,4-5,11-12,14H2,(H,21,24). The molecular formula is C20H21N3O5. The number of rotatable bonds is 6. The molecule has 0 spiro atoms. The largest absolute Gasteiger partial charge is 0.483 e. The number of nitrogens with one attached hydrogen (secondary N) is 1. The summed E-state index contributed by atoms with van der Waals surface area (Å²) >= 11 is 0. The number of anilines is 1. The van der Waals surface area contributed by atoms with Gasteiger partial charge in [-0.3, -0.25) is 19.7 Å². The van der Waals surface area contributed by atoms with Crippen LogP contribution in [0.3, 0.4) is 0 Å². The molecule has 2 aromatic rings. The molecule has 1 saturated heterocycles. The molecule has 0 bridgehead atoms. The minimum atomic E-state index is -0.533. The van der Waals surface area contributed by atoms with Crippen LogP contribution < -0.4 is 10.1 Å².